The van der Waals surface area contributed by atoms with Crippen molar-refractivity contribution in [2.24, 2.45) is 11.8 Å². The lowest BCUT2D eigenvalue weighted by Gasteiger charge is -2.24. The smallest absolute Gasteiger partial charge is 0.163 e. The van der Waals surface area contributed by atoms with Gasteiger partial charge in [0.1, 0.15) is 5.78 Å². The van der Waals surface area contributed by atoms with Gasteiger partial charge in [0.25, 0.3) is 0 Å². The molecule has 1 aromatic rings. The minimum Gasteiger partial charge on any atom is -0.299 e. The van der Waals surface area contributed by atoms with E-state index in [4.69, 9.17) is 0 Å². The number of carbonyl (C=O) groups excluding carboxylic acids is 2. The zero-order valence-corrected chi connectivity index (χ0v) is 10.2. The van der Waals surface area contributed by atoms with Crippen LogP contribution in [0.1, 0.15) is 43.0 Å². The number of ketones is 2. The predicted octanol–water partition coefficient (Wildman–Crippen LogP) is 3.26. The third-order valence-electron chi connectivity index (χ3n) is 3.55. The SMILES string of the molecule is C[C@@H]1CCC(=O)[C@H](CC(=O)c2ccccc2)C1. The summed E-state index contributed by atoms with van der Waals surface area (Å²) in [6.45, 7) is 2.16. The fraction of sp³-hybridized carbons (Fsp3) is 0.467. The number of benzene rings is 1. The van der Waals surface area contributed by atoms with Crippen LogP contribution in [-0.4, -0.2) is 11.6 Å². The van der Waals surface area contributed by atoms with Crippen molar-refractivity contribution in [3.8, 4) is 0 Å². The molecule has 0 N–H and O–H groups in total. The van der Waals surface area contributed by atoms with E-state index in [0.29, 0.717) is 18.8 Å². The molecule has 1 saturated carbocycles. The van der Waals surface area contributed by atoms with Gasteiger partial charge in [-0.15, -0.1) is 0 Å². The highest BCUT2D eigenvalue weighted by Crippen LogP contribution is 2.29. The summed E-state index contributed by atoms with van der Waals surface area (Å²) in [6.07, 6.45) is 2.88. The zero-order chi connectivity index (χ0) is 12.3. The largest absolute Gasteiger partial charge is 0.299 e. The molecule has 2 heteroatoms. The van der Waals surface area contributed by atoms with Gasteiger partial charge in [-0.05, 0) is 18.8 Å². The Labute approximate surface area is 102 Å². The Morgan fingerprint density at radius 3 is 2.71 bits per heavy atom. The zero-order valence-electron chi connectivity index (χ0n) is 10.2. The first kappa shape index (κ1) is 12.0. The second-order valence-electron chi connectivity index (χ2n) is 5.04. The number of hydrogen-bond acceptors (Lipinski definition) is 2. The summed E-state index contributed by atoms with van der Waals surface area (Å²) in [4.78, 5) is 23.8. The molecule has 0 aromatic heterocycles. The van der Waals surface area contributed by atoms with Crippen LogP contribution in [0, 0.1) is 11.8 Å². The van der Waals surface area contributed by atoms with Crippen molar-refractivity contribution in [2.45, 2.75) is 32.6 Å². The molecule has 0 saturated heterocycles. The van der Waals surface area contributed by atoms with Crippen LogP contribution in [0.15, 0.2) is 30.3 Å². The molecule has 1 aromatic carbocycles. The number of carbonyl (C=O) groups is 2. The second-order valence-corrected chi connectivity index (χ2v) is 5.04. The minimum atomic E-state index is -0.0496. The van der Waals surface area contributed by atoms with Crippen molar-refractivity contribution in [3.05, 3.63) is 35.9 Å². The van der Waals surface area contributed by atoms with Gasteiger partial charge in [0.15, 0.2) is 5.78 Å². The van der Waals surface area contributed by atoms with Crippen LogP contribution in [-0.2, 0) is 4.79 Å². The van der Waals surface area contributed by atoms with Gasteiger partial charge >= 0.3 is 0 Å². The molecule has 17 heavy (non-hydrogen) atoms. The van der Waals surface area contributed by atoms with E-state index in [2.05, 4.69) is 6.92 Å². The van der Waals surface area contributed by atoms with Crippen LogP contribution in [0.5, 0.6) is 0 Å². The molecule has 0 aliphatic heterocycles. The van der Waals surface area contributed by atoms with Crippen LogP contribution < -0.4 is 0 Å². The average Bonchev–Trinajstić information content (AvgIpc) is 2.35. The molecule has 1 aliphatic carbocycles. The molecule has 0 bridgehead atoms. The van der Waals surface area contributed by atoms with Crippen molar-refractivity contribution >= 4 is 11.6 Å². The van der Waals surface area contributed by atoms with E-state index < -0.39 is 0 Å². The Balaban J connectivity index is 2.01. The predicted molar refractivity (Wildman–Crippen MR) is 66.9 cm³/mol. The fourth-order valence-corrected chi connectivity index (χ4v) is 2.49. The topological polar surface area (TPSA) is 34.1 Å². The quantitative estimate of drug-likeness (QED) is 0.747. The summed E-state index contributed by atoms with van der Waals surface area (Å²) in [7, 11) is 0. The maximum atomic E-state index is 12.0. The highest BCUT2D eigenvalue weighted by Gasteiger charge is 2.28. The van der Waals surface area contributed by atoms with Gasteiger partial charge in [-0.3, -0.25) is 9.59 Å². The van der Waals surface area contributed by atoms with Crippen LogP contribution in [0.2, 0.25) is 0 Å². The molecule has 2 atom stereocenters. The molecule has 2 rings (SSSR count). The highest BCUT2D eigenvalue weighted by molar-refractivity contribution is 5.98. The maximum absolute atomic E-state index is 12.0. The van der Waals surface area contributed by atoms with E-state index in [0.717, 1.165) is 18.4 Å². The summed E-state index contributed by atoms with van der Waals surface area (Å²) in [5, 5.41) is 0. The minimum absolute atomic E-state index is 0.0496. The van der Waals surface area contributed by atoms with Crippen LogP contribution >= 0.6 is 0 Å². The van der Waals surface area contributed by atoms with Gasteiger partial charge in [0.05, 0.1) is 0 Å². The van der Waals surface area contributed by atoms with Gasteiger partial charge in [-0.25, -0.2) is 0 Å². The van der Waals surface area contributed by atoms with Crippen molar-refractivity contribution in [1.29, 1.82) is 0 Å². The lowest BCUT2D eigenvalue weighted by atomic mass is 9.78. The fourth-order valence-electron chi connectivity index (χ4n) is 2.49. The molecule has 0 radical (unpaired) electrons. The maximum Gasteiger partial charge on any atom is 0.163 e. The van der Waals surface area contributed by atoms with E-state index in [1.807, 2.05) is 30.3 Å². The monoisotopic (exact) mass is 230 g/mol. The normalized spacial score (nSPS) is 24.6. The van der Waals surface area contributed by atoms with Gasteiger partial charge < -0.3 is 0 Å². The highest BCUT2D eigenvalue weighted by atomic mass is 16.1. The molecule has 2 nitrogen and oxygen atoms in total. The van der Waals surface area contributed by atoms with Crippen LogP contribution in [0.3, 0.4) is 0 Å². The lowest BCUT2D eigenvalue weighted by Crippen LogP contribution is -2.25. The first-order valence-electron chi connectivity index (χ1n) is 6.28. The number of rotatable bonds is 3. The van der Waals surface area contributed by atoms with Crippen LogP contribution in [0.25, 0.3) is 0 Å². The van der Waals surface area contributed by atoms with E-state index in [1.165, 1.54) is 0 Å². The van der Waals surface area contributed by atoms with E-state index in [-0.39, 0.29) is 17.5 Å². The Kier molecular flexibility index (Phi) is 3.72. The third-order valence-corrected chi connectivity index (χ3v) is 3.55. The van der Waals surface area contributed by atoms with E-state index in [1.54, 1.807) is 0 Å². The molecule has 0 amide bonds. The first-order valence-corrected chi connectivity index (χ1v) is 6.28. The van der Waals surface area contributed by atoms with Crippen molar-refractivity contribution in [3.63, 3.8) is 0 Å². The average molecular weight is 230 g/mol. The summed E-state index contributed by atoms with van der Waals surface area (Å²) in [6, 6.07) is 9.25. The summed E-state index contributed by atoms with van der Waals surface area (Å²) in [5.74, 6) is 0.887. The molecular weight excluding hydrogens is 212 g/mol. The molecule has 90 valence electrons. The second kappa shape index (κ2) is 5.26. The summed E-state index contributed by atoms with van der Waals surface area (Å²) >= 11 is 0. The van der Waals surface area contributed by atoms with Crippen LogP contribution in [0.4, 0.5) is 0 Å². The van der Waals surface area contributed by atoms with E-state index >= 15 is 0 Å². The Morgan fingerprint density at radius 1 is 1.29 bits per heavy atom. The third kappa shape index (κ3) is 3.02. The molecule has 0 heterocycles. The molecule has 0 unspecified atom stereocenters. The molecular formula is C15H18O2. The number of hydrogen-bond donors (Lipinski definition) is 0. The Bertz CT molecular complexity index is 408. The van der Waals surface area contributed by atoms with Gasteiger partial charge in [0.2, 0.25) is 0 Å². The Hall–Kier alpha value is -1.44. The van der Waals surface area contributed by atoms with E-state index in [9.17, 15) is 9.59 Å². The first-order chi connectivity index (χ1) is 8.16. The molecule has 0 spiro atoms. The lowest BCUT2D eigenvalue weighted by molar-refractivity contribution is -0.125. The molecule has 1 aliphatic rings. The van der Waals surface area contributed by atoms with Gasteiger partial charge in [0, 0.05) is 24.3 Å². The Morgan fingerprint density at radius 2 is 2.00 bits per heavy atom. The standard InChI is InChI=1S/C15H18O2/c1-11-7-8-14(16)13(9-11)10-15(17)12-5-3-2-4-6-12/h2-6,11,13H,7-10H2,1H3/t11-,13+/m1/s1. The van der Waals surface area contributed by atoms with Crippen molar-refractivity contribution in [1.82, 2.24) is 0 Å². The van der Waals surface area contributed by atoms with Gasteiger partial charge in [-0.1, -0.05) is 37.3 Å². The number of Topliss-reactive ketones (excluding diaryl/α,β-unsaturated/α-hetero) is 2. The van der Waals surface area contributed by atoms with Crippen molar-refractivity contribution in [2.75, 3.05) is 0 Å². The summed E-state index contributed by atoms with van der Waals surface area (Å²) in [5.41, 5.74) is 0.721. The molecule has 1 fully saturated rings. The van der Waals surface area contributed by atoms with Crippen molar-refractivity contribution < 1.29 is 9.59 Å². The van der Waals surface area contributed by atoms with Gasteiger partial charge in [-0.2, -0.15) is 0 Å². The summed E-state index contributed by atoms with van der Waals surface area (Å²) < 4.78 is 0.